The molecule has 13 heavy (non-hydrogen) atoms. The van der Waals surface area contributed by atoms with E-state index in [9.17, 15) is 0 Å². The molecule has 0 spiro atoms. The molecule has 0 saturated carbocycles. The number of nitrogens with two attached hydrogens (primary N) is 1. The van der Waals surface area contributed by atoms with Gasteiger partial charge in [-0.15, -0.1) is 0 Å². The van der Waals surface area contributed by atoms with E-state index in [1.807, 2.05) is 26.0 Å². The van der Waals surface area contributed by atoms with Crippen LogP contribution in [0.5, 0.6) is 0 Å². The number of fused-ring (bicyclic) bond motifs is 1. The SMILES string of the molecule is Cc1cnc2ccc(C)c(N)c2n1. The highest BCUT2D eigenvalue weighted by molar-refractivity contribution is 5.88. The molecule has 2 N–H and O–H groups in total. The molecular weight excluding hydrogens is 162 g/mol. The summed E-state index contributed by atoms with van der Waals surface area (Å²) in [5, 5.41) is 0. The lowest BCUT2D eigenvalue weighted by Crippen LogP contribution is -1.95. The monoisotopic (exact) mass is 173 g/mol. The van der Waals surface area contributed by atoms with E-state index in [0.717, 1.165) is 28.0 Å². The van der Waals surface area contributed by atoms with Gasteiger partial charge >= 0.3 is 0 Å². The molecule has 1 aromatic carbocycles. The second-order valence-corrected chi connectivity index (χ2v) is 3.18. The maximum Gasteiger partial charge on any atom is 0.112 e. The van der Waals surface area contributed by atoms with Crippen molar-refractivity contribution in [3.05, 3.63) is 29.6 Å². The van der Waals surface area contributed by atoms with Gasteiger partial charge in [0, 0.05) is 6.20 Å². The number of aromatic nitrogens is 2. The molecule has 3 heteroatoms. The largest absolute Gasteiger partial charge is 0.397 e. The Morgan fingerprint density at radius 3 is 2.77 bits per heavy atom. The van der Waals surface area contributed by atoms with Crippen molar-refractivity contribution < 1.29 is 0 Å². The predicted molar refractivity (Wildman–Crippen MR) is 53.4 cm³/mol. The first-order chi connectivity index (χ1) is 6.18. The molecule has 2 rings (SSSR count). The number of hydrogen-bond acceptors (Lipinski definition) is 3. The highest BCUT2D eigenvalue weighted by Gasteiger charge is 2.02. The van der Waals surface area contributed by atoms with Gasteiger partial charge in [0.25, 0.3) is 0 Å². The van der Waals surface area contributed by atoms with Crippen LogP contribution in [-0.2, 0) is 0 Å². The topological polar surface area (TPSA) is 51.8 Å². The second-order valence-electron chi connectivity index (χ2n) is 3.18. The first kappa shape index (κ1) is 7.98. The van der Waals surface area contributed by atoms with E-state index in [2.05, 4.69) is 9.97 Å². The molecule has 3 nitrogen and oxygen atoms in total. The third-order valence-corrected chi connectivity index (χ3v) is 2.09. The molecule has 0 bridgehead atoms. The number of nitrogen functional groups attached to an aromatic ring is 1. The van der Waals surface area contributed by atoms with Gasteiger partial charge < -0.3 is 5.73 Å². The number of aryl methyl sites for hydroxylation is 2. The molecule has 66 valence electrons. The molecule has 0 aliphatic carbocycles. The van der Waals surface area contributed by atoms with E-state index in [1.165, 1.54) is 0 Å². The Balaban J connectivity index is 2.89. The summed E-state index contributed by atoms with van der Waals surface area (Å²) in [6.45, 7) is 3.88. The number of anilines is 1. The first-order valence-corrected chi connectivity index (χ1v) is 4.17. The zero-order valence-corrected chi connectivity index (χ0v) is 7.70. The molecule has 0 atom stereocenters. The van der Waals surface area contributed by atoms with Gasteiger partial charge in [-0.2, -0.15) is 0 Å². The fourth-order valence-electron chi connectivity index (χ4n) is 1.29. The van der Waals surface area contributed by atoms with Crippen LogP contribution < -0.4 is 5.73 Å². The standard InChI is InChI=1S/C10H11N3/c1-6-3-4-8-10(9(6)11)13-7(2)5-12-8/h3-5H,11H2,1-2H3. The number of hydrogen-bond donors (Lipinski definition) is 1. The Morgan fingerprint density at radius 1 is 1.23 bits per heavy atom. The van der Waals surface area contributed by atoms with Crippen molar-refractivity contribution in [2.75, 3.05) is 5.73 Å². The molecule has 0 amide bonds. The van der Waals surface area contributed by atoms with Gasteiger partial charge in [0.15, 0.2) is 0 Å². The molecule has 2 aromatic rings. The van der Waals surface area contributed by atoms with Gasteiger partial charge in [-0.05, 0) is 25.5 Å². The fourth-order valence-corrected chi connectivity index (χ4v) is 1.29. The Morgan fingerprint density at radius 2 is 2.00 bits per heavy atom. The second kappa shape index (κ2) is 2.69. The van der Waals surface area contributed by atoms with Gasteiger partial charge in [-0.1, -0.05) is 6.07 Å². The molecule has 0 saturated heterocycles. The normalized spacial score (nSPS) is 10.6. The zero-order valence-electron chi connectivity index (χ0n) is 7.70. The third kappa shape index (κ3) is 1.22. The van der Waals surface area contributed by atoms with E-state index in [-0.39, 0.29) is 0 Å². The predicted octanol–water partition coefficient (Wildman–Crippen LogP) is 1.83. The minimum atomic E-state index is 0.730. The van der Waals surface area contributed by atoms with Gasteiger partial charge in [0.2, 0.25) is 0 Å². The number of benzene rings is 1. The van der Waals surface area contributed by atoms with Crippen LogP contribution >= 0.6 is 0 Å². The number of nitrogens with zero attached hydrogens (tertiary/aromatic N) is 2. The Labute approximate surface area is 76.6 Å². The first-order valence-electron chi connectivity index (χ1n) is 4.17. The van der Waals surface area contributed by atoms with Crippen LogP contribution in [0.25, 0.3) is 11.0 Å². The van der Waals surface area contributed by atoms with Crippen molar-refractivity contribution in [3.8, 4) is 0 Å². The highest BCUT2D eigenvalue weighted by atomic mass is 14.8. The Kier molecular flexibility index (Phi) is 1.65. The zero-order chi connectivity index (χ0) is 9.42. The average molecular weight is 173 g/mol. The van der Waals surface area contributed by atoms with E-state index < -0.39 is 0 Å². The molecular formula is C10H11N3. The fraction of sp³-hybridized carbons (Fsp3) is 0.200. The maximum absolute atomic E-state index is 5.88. The lowest BCUT2D eigenvalue weighted by molar-refractivity contribution is 1.18. The smallest absolute Gasteiger partial charge is 0.112 e. The van der Waals surface area contributed by atoms with E-state index >= 15 is 0 Å². The molecule has 0 unspecified atom stereocenters. The van der Waals surface area contributed by atoms with Crippen LogP contribution in [-0.4, -0.2) is 9.97 Å². The van der Waals surface area contributed by atoms with Crippen LogP contribution in [0.2, 0.25) is 0 Å². The van der Waals surface area contributed by atoms with Crippen molar-refractivity contribution in [1.82, 2.24) is 9.97 Å². The summed E-state index contributed by atoms with van der Waals surface area (Å²) in [6.07, 6.45) is 1.75. The van der Waals surface area contributed by atoms with E-state index in [1.54, 1.807) is 6.20 Å². The van der Waals surface area contributed by atoms with Crippen LogP contribution in [0.1, 0.15) is 11.3 Å². The molecule has 0 fully saturated rings. The number of rotatable bonds is 0. The third-order valence-electron chi connectivity index (χ3n) is 2.09. The summed E-state index contributed by atoms with van der Waals surface area (Å²) in [5.41, 5.74) is 10.2. The van der Waals surface area contributed by atoms with Gasteiger partial charge in [0.1, 0.15) is 5.52 Å². The summed E-state index contributed by atoms with van der Waals surface area (Å²) in [4.78, 5) is 8.59. The quantitative estimate of drug-likeness (QED) is 0.618. The lowest BCUT2D eigenvalue weighted by Gasteiger charge is -2.03. The van der Waals surface area contributed by atoms with E-state index in [0.29, 0.717) is 0 Å². The minimum absolute atomic E-state index is 0.730. The lowest BCUT2D eigenvalue weighted by atomic mass is 10.1. The van der Waals surface area contributed by atoms with Crippen molar-refractivity contribution in [2.45, 2.75) is 13.8 Å². The minimum Gasteiger partial charge on any atom is -0.397 e. The van der Waals surface area contributed by atoms with Crippen molar-refractivity contribution >= 4 is 16.7 Å². The van der Waals surface area contributed by atoms with Crippen LogP contribution in [0.4, 0.5) is 5.69 Å². The van der Waals surface area contributed by atoms with Crippen molar-refractivity contribution in [2.24, 2.45) is 0 Å². The molecule has 0 aliphatic heterocycles. The summed E-state index contributed by atoms with van der Waals surface area (Å²) in [7, 11) is 0. The molecule has 1 aromatic heterocycles. The van der Waals surface area contributed by atoms with Gasteiger partial charge in [0.05, 0.1) is 16.9 Å². The summed E-state index contributed by atoms with van der Waals surface area (Å²) in [5.74, 6) is 0. The van der Waals surface area contributed by atoms with Crippen LogP contribution in [0.15, 0.2) is 18.3 Å². The van der Waals surface area contributed by atoms with Gasteiger partial charge in [-0.3, -0.25) is 4.98 Å². The Bertz CT molecular complexity index is 458. The van der Waals surface area contributed by atoms with Crippen molar-refractivity contribution in [3.63, 3.8) is 0 Å². The molecule has 1 heterocycles. The summed E-state index contributed by atoms with van der Waals surface area (Å²) in [6, 6.07) is 3.90. The summed E-state index contributed by atoms with van der Waals surface area (Å²) >= 11 is 0. The average Bonchev–Trinajstić information content (AvgIpc) is 2.12. The Hall–Kier alpha value is -1.64. The van der Waals surface area contributed by atoms with Crippen molar-refractivity contribution in [1.29, 1.82) is 0 Å². The summed E-state index contributed by atoms with van der Waals surface area (Å²) < 4.78 is 0. The van der Waals surface area contributed by atoms with E-state index in [4.69, 9.17) is 5.73 Å². The maximum atomic E-state index is 5.88. The molecule has 0 radical (unpaired) electrons. The highest BCUT2D eigenvalue weighted by Crippen LogP contribution is 2.20. The molecule has 0 aliphatic rings. The van der Waals surface area contributed by atoms with Crippen LogP contribution in [0, 0.1) is 13.8 Å². The van der Waals surface area contributed by atoms with Crippen LogP contribution in [0.3, 0.4) is 0 Å². The van der Waals surface area contributed by atoms with Gasteiger partial charge in [-0.25, -0.2) is 4.98 Å².